The lowest BCUT2D eigenvalue weighted by atomic mass is 9.97. The molecule has 164 valence electrons. The molecule has 0 aromatic carbocycles. The van der Waals surface area contributed by atoms with E-state index in [4.69, 9.17) is 9.98 Å². The van der Waals surface area contributed by atoms with Gasteiger partial charge in [0, 0.05) is 37.6 Å². The molecule has 7 heteroatoms. The van der Waals surface area contributed by atoms with Crippen molar-refractivity contribution in [2.75, 3.05) is 45.8 Å². The first-order valence-electron chi connectivity index (χ1n) is 11.6. The van der Waals surface area contributed by atoms with Gasteiger partial charge in [-0.25, -0.2) is 4.98 Å². The van der Waals surface area contributed by atoms with Crippen molar-refractivity contribution in [3.05, 3.63) is 16.1 Å². The predicted octanol–water partition coefficient (Wildman–Crippen LogP) is 2.96. The largest absolute Gasteiger partial charge is 0.357 e. The quantitative estimate of drug-likeness (QED) is 0.475. The zero-order chi connectivity index (χ0) is 20.5. The number of hydrogen-bond donors (Lipinski definition) is 2. The third kappa shape index (κ3) is 6.93. The molecule has 0 spiro atoms. The Labute approximate surface area is 181 Å². The van der Waals surface area contributed by atoms with Gasteiger partial charge in [-0.3, -0.25) is 14.8 Å². The van der Waals surface area contributed by atoms with Gasteiger partial charge in [0.1, 0.15) is 0 Å². The number of aromatic nitrogens is 1. The summed E-state index contributed by atoms with van der Waals surface area (Å²) in [6, 6.07) is 0.658. The lowest BCUT2D eigenvalue weighted by Crippen LogP contribution is -2.45. The number of aliphatic imine (C=N–C) groups is 1. The van der Waals surface area contributed by atoms with Gasteiger partial charge in [-0.1, -0.05) is 13.8 Å². The fourth-order valence-corrected chi connectivity index (χ4v) is 5.20. The maximum absolute atomic E-state index is 4.92. The van der Waals surface area contributed by atoms with Crippen LogP contribution in [0.25, 0.3) is 0 Å². The number of rotatable bonds is 9. The highest BCUT2D eigenvalue weighted by molar-refractivity contribution is 7.09. The van der Waals surface area contributed by atoms with Gasteiger partial charge in [-0.2, -0.15) is 0 Å². The lowest BCUT2D eigenvalue weighted by molar-refractivity contribution is 0.179. The molecule has 1 unspecified atom stereocenters. The Bertz CT molecular complexity index is 623. The number of piperidine rings is 1. The van der Waals surface area contributed by atoms with E-state index in [1.807, 2.05) is 0 Å². The Kier molecular flexibility index (Phi) is 9.21. The van der Waals surface area contributed by atoms with Crippen molar-refractivity contribution < 1.29 is 0 Å². The summed E-state index contributed by atoms with van der Waals surface area (Å²) in [6.07, 6.45) is 6.15. The average Bonchev–Trinajstić information content (AvgIpc) is 3.40. The molecule has 1 aromatic heterocycles. The number of guanidine groups is 1. The maximum Gasteiger partial charge on any atom is 0.191 e. The molecule has 2 saturated heterocycles. The van der Waals surface area contributed by atoms with Crippen LogP contribution in [0.2, 0.25) is 0 Å². The summed E-state index contributed by atoms with van der Waals surface area (Å²) in [4.78, 5) is 14.8. The number of nitrogens with one attached hydrogen (secondary N) is 2. The number of likely N-dealkylation sites (N-methyl/N-ethyl adjacent to an activating group) is 1. The lowest BCUT2D eigenvalue weighted by Gasteiger charge is -2.31. The monoisotopic (exact) mass is 420 g/mol. The van der Waals surface area contributed by atoms with Gasteiger partial charge in [0.15, 0.2) is 5.96 Å². The molecule has 0 saturated carbocycles. The summed E-state index contributed by atoms with van der Waals surface area (Å²) in [5.74, 6) is 1.69. The van der Waals surface area contributed by atoms with Gasteiger partial charge in [0.25, 0.3) is 0 Å². The Morgan fingerprint density at radius 2 is 2.00 bits per heavy atom. The highest BCUT2D eigenvalue weighted by Crippen LogP contribution is 2.20. The van der Waals surface area contributed by atoms with E-state index in [2.05, 4.69) is 46.6 Å². The molecule has 0 amide bonds. The summed E-state index contributed by atoms with van der Waals surface area (Å²) >= 11 is 1.80. The standard InChI is InChI=1S/C22H40N6S/c1-4-21-26-19(17-29-21)16-27-12-9-18(10-13-27)14-24-22(23-5-2)25-15-20-8-7-11-28(20)6-3/h17-18,20H,4-16H2,1-3H3,(H2,23,24,25). The van der Waals surface area contributed by atoms with Gasteiger partial charge in [-0.05, 0) is 71.1 Å². The highest BCUT2D eigenvalue weighted by Gasteiger charge is 2.23. The van der Waals surface area contributed by atoms with Crippen LogP contribution in [0.5, 0.6) is 0 Å². The average molecular weight is 421 g/mol. The SMILES string of the molecule is CCNC(=NCC1CCN(Cc2csc(CC)n2)CC1)NCC1CCCN1CC. The number of likely N-dealkylation sites (tertiary alicyclic amines) is 2. The van der Waals surface area contributed by atoms with E-state index in [9.17, 15) is 0 Å². The highest BCUT2D eigenvalue weighted by atomic mass is 32.1. The van der Waals surface area contributed by atoms with Gasteiger partial charge in [0.2, 0.25) is 0 Å². The fraction of sp³-hybridized carbons (Fsp3) is 0.818. The first kappa shape index (κ1) is 22.5. The third-order valence-electron chi connectivity index (χ3n) is 6.26. The second-order valence-electron chi connectivity index (χ2n) is 8.33. The summed E-state index contributed by atoms with van der Waals surface area (Å²) < 4.78 is 0. The first-order valence-corrected chi connectivity index (χ1v) is 12.5. The van der Waals surface area contributed by atoms with Crippen LogP contribution in [0.4, 0.5) is 0 Å². The minimum absolute atomic E-state index is 0.658. The number of thiazole rings is 1. The summed E-state index contributed by atoms with van der Waals surface area (Å²) in [5.41, 5.74) is 1.25. The second-order valence-corrected chi connectivity index (χ2v) is 9.27. The Morgan fingerprint density at radius 3 is 2.69 bits per heavy atom. The van der Waals surface area contributed by atoms with Crippen molar-refractivity contribution in [2.45, 2.75) is 65.5 Å². The minimum atomic E-state index is 0.658. The van der Waals surface area contributed by atoms with Crippen molar-refractivity contribution in [2.24, 2.45) is 10.9 Å². The molecule has 2 N–H and O–H groups in total. The fourth-order valence-electron chi connectivity index (χ4n) is 4.46. The molecule has 2 aliphatic heterocycles. The van der Waals surface area contributed by atoms with E-state index in [-0.39, 0.29) is 0 Å². The van der Waals surface area contributed by atoms with Crippen LogP contribution < -0.4 is 10.6 Å². The number of nitrogens with zero attached hydrogens (tertiary/aromatic N) is 4. The zero-order valence-corrected chi connectivity index (χ0v) is 19.4. The molecule has 1 aromatic rings. The molecule has 1 atom stereocenters. The molecule has 3 rings (SSSR count). The van der Waals surface area contributed by atoms with Crippen LogP contribution in [0.15, 0.2) is 10.4 Å². The smallest absolute Gasteiger partial charge is 0.191 e. The van der Waals surface area contributed by atoms with Crippen LogP contribution in [0.3, 0.4) is 0 Å². The maximum atomic E-state index is 4.92. The molecule has 2 fully saturated rings. The van der Waals surface area contributed by atoms with Crippen molar-refractivity contribution in [1.29, 1.82) is 0 Å². The molecule has 0 radical (unpaired) electrons. The van der Waals surface area contributed by atoms with Crippen LogP contribution in [-0.2, 0) is 13.0 Å². The summed E-state index contributed by atoms with van der Waals surface area (Å²) in [6.45, 7) is 15.2. The molecule has 3 heterocycles. The van der Waals surface area contributed by atoms with Crippen LogP contribution >= 0.6 is 11.3 Å². The number of hydrogen-bond acceptors (Lipinski definition) is 5. The minimum Gasteiger partial charge on any atom is -0.357 e. The molecule has 0 aliphatic carbocycles. The summed E-state index contributed by atoms with van der Waals surface area (Å²) in [7, 11) is 0. The van der Waals surface area contributed by atoms with Crippen LogP contribution in [0.1, 0.15) is 57.2 Å². The Morgan fingerprint density at radius 1 is 1.17 bits per heavy atom. The van der Waals surface area contributed by atoms with E-state index in [0.29, 0.717) is 12.0 Å². The van der Waals surface area contributed by atoms with Crippen molar-refractivity contribution in [3.8, 4) is 0 Å². The molecule has 6 nitrogen and oxygen atoms in total. The topological polar surface area (TPSA) is 55.8 Å². The van der Waals surface area contributed by atoms with Gasteiger partial charge >= 0.3 is 0 Å². The molecule has 2 aliphatic rings. The van der Waals surface area contributed by atoms with E-state index < -0.39 is 0 Å². The first-order chi connectivity index (χ1) is 14.2. The van der Waals surface area contributed by atoms with Gasteiger partial charge in [0.05, 0.1) is 10.7 Å². The van der Waals surface area contributed by atoms with E-state index in [1.165, 1.54) is 42.9 Å². The third-order valence-corrected chi connectivity index (χ3v) is 7.30. The van der Waals surface area contributed by atoms with E-state index in [0.717, 1.165) is 58.2 Å². The molecular weight excluding hydrogens is 380 g/mol. The van der Waals surface area contributed by atoms with Crippen LogP contribution in [0, 0.1) is 5.92 Å². The molecule has 29 heavy (non-hydrogen) atoms. The van der Waals surface area contributed by atoms with Crippen molar-refractivity contribution in [1.82, 2.24) is 25.4 Å². The normalized spacial score (nSPS) is 22.3. The summed E-state index contributed by atoms with van der Waals surface area (Å²) in [5, 5.41) is 10.5. The Balaban J connectivity index is 1.40. The molecular formula is C22H40N6S. The Hall–Kier alpha value is -1.18. The zero-order valence-electron chi connectivity index (χ0n) is 18.6. The van der Waals surface area contributed by atoms with Gasteiger partial charge in [-0.15, -0.1) is 11.3 Å². The van der Waals surface area contributed by atoms with Crippen molar-refractivity contribution >= 4 is 17.3 Å². The van der Waals surface area contributed by atoms with E-state index >= 15 is 0 Å². The van der Waals surface area contributed by atoms with E-state index in [1.54, 1.807) is 11.3 Å². The van der Waals surface area contributed by atoms with Crippen molar-refractivity contribution in [3.63, 3.8) is 0 Å². The molecule has 0 bridgehead atoms. The van der Waals surface area contributed by atoms with Crippen LogP contribution in [-0.4, -0.2) is 72.6 Å². The predicted molar refractivity (Wildman–Crippen MR) is 124 cm³/mol. The second kappa shape index (κ2) is 11.9. The van der Waals surface area contributed by atoms with Gasteiger partial charge < -0.3 is 10.6 Å². The number of aryl methyl sites for hydroxylation is 1.